The van der Waals surface area contributed by atoms with Gasteiger partial charge in [0.25, 0.3) is 0 Å². The number of rotatable bonds is 6. The van der Waals surface area contributed by atoms with Gasteiger partial charge in [0.05, 0.1) is 5.75 Å². The monoisotopic (exact) mass is 412 g/mol. The van der Waals surface area contributed by atoms with E-state index in [1.54, 1.807) is 11.8 Å². The average molecular weight is 413 g/mol. The van der Waals surface area contributed by atoms with Crippen molar-refractivity contribution in [1.82, 2.24) is 9.88 Å². The van der Waals surface area contributed by atoms with Crippen LogP contribution in [0.5, 0.6) is 0 Å². The van der Waals surface area contributed by atoms with Gasteiger partial charge in [-0.25, -0.2) is 0 Å². The third-order valence-corrected chi connectivity index (χ3v) is 8.00. The Kier molecular flexibility index (Phi) is 6.32. The van der Waals surface area contributed by atoms with Crippen LogP contribution in [0.3, 0.4) is 0 Å². The van der Waals surface area contributed by atoms with E-state index in [1.165, 1.54) is 41.7 Å². The summed E-state index contributed by atoms with van der Waals surface area (Å²) in [5.41, 5.74) is 3.54. The molecule has 1 unspecified atom stereocenters. The fourth-order valence-electron chi connectivity index (χ4n) is 4.08. The predicted molar refractivity (Wildman–Crippen MR) is 120 cm³/mol. The lowest BCUT2D eigenvalue weighted by Crippen LogP contribution is -2.31. The third kappa shape index (κ3) is 4.41. The molecular formula is C23H28N2OS2. The van der Waals surface area contributed by atoms with Crippen LogP contribution in [0.1, 0.15) is 50.5 Å². The first-order valence-electron chi connectivity index (χ1n) is 10.2. The number of pyridine rings is 1. The van der Waals surface area contributed by atoms with Crippen molar-refractivity contribution in [3.8, 4) is 11.1 Å². The molecule has 0 spiro atoms. The molecule has 5 heteroatoms. The Hall–Kier alpha value is -1.46. The minimum Gasteiger partial charge on any atom is -0.325 e. The van der Waals surface area contributed by atoms with Gasteiger partial charge < -0.3 is 4.90 Å². The number of amides is 1. The largest absolute Gasteiger partial charge is 0.325 e. The van der Waals surface area contributed by atoms with Crippen molar-refractivity contribution in [2.75, 3.05) is 12.3 Å². The molecule has 0 N–H and O–H groups in total. The zero-order chi connectivity index (χ0) is 19.5. The smallest absolute Gasteiger partial charge is 0.233 e. The van der Waals surface area contributed by atoms with E-state index in [1.807, 2.05) is 29.1 Å². The van der Waals surface area contributed by atoms with E-state index in [4.69, 9.17) is 0 Å². The van der Waals surface area contributed by atoms with Crippen molar-refractivity contribution >= 4 is 29.4 Å². The molecule has 3 nitrogen and oxygen atoms in total. The van der Waals surface area contributed by atoms with Gasteiger partial charge in [-0.2, -0.15) is 0 Å². The van der Waals surface area contributed by atoms with Gasteiger partial charge in [-0.05, 0) is 48.1 Å². The molecule has 0 bridgehead atoms. The van der Waals surface area contributed by atoms with Gasteiger partial charge in [0, 0.05) is 34.6 Å². The Bertz CT molecular complexity index is 816. The number of nitrogens with zero attached hydrogens (tertiary/aromatic N) is 2. The molecule has 2 aromatic rings. The zero-order valence-electron chi connectivity index (χ0n) is 16.6. The fraction of sp³-hybridized carbons (Fsp3) is 0.478. The first-order chi connectivity index (χ1) is 13.6. The highest BCUT2D eigenvalue weighted by molar-refractivity contribution is 8.00. The van der Waals surface area contributed by atoms with Crippen LogP contribution in [0.15, 0.2) is 47.6 Å². The SMILES string of the molecule is CC(C)CN1C(=O)CSC1c1cnccc1-c1ccc(SC2CCCC2)cc1. The molecule has 2 fully saturated rings. The van der Waals surface area contributed by atoms with Gasteiger partial charge in [-0.15, -0.1) is 23.5 Å². The molecule has 1 aliphatic carbocycles. The Morgan fingerprint density at radius 1 is 1.18 bits per heavy atom. The highest BCUT2D eigenvalue weighted by Crippen LogP contribution is 2.43. The van der Waals surface area contributed by atoms with E-state index < -0.39 is 0 Å². The number of carbonyl (C=O) groups excluding carboxylic acids is 1. The van der Waals surface area contributed by atoms with E-state index in [9.17, 15) is 4.79 Å². The van der Waals surface area contributed by atoms with Gasteiger partial charge in [-0.1, -0.05) is 38.8 Å². The summed E-state index contributed by atoms with van der Waals surface area (Å²) in [6, 6.07) is 11.0. The predicted octanol–water partition coefficient (Wildman–Crippen LogP) is 6.01. The van der Waals surface area contributed by atoms with Crippen LogP contribution in [0, 0.1) is 5.92 Å². The molecule has 1 aliphatic heterocycles. The lowest BCUT2D eigenvalue weighted by molar-refractivity contribution is -0.128. The Morgan fingerprint density at radius 2 is 1.93 bits per heavy atom. The van der Waals surface area contributed by atoms with Crippen molar-refractivity contribution in [3.05, 3.63) is 48.3 Å². The fourth-order valence-corrected chi connectivity index (χ4v) is 6.54. The first-order valence-corrected chi connectivity index (χ1v) is 12.2. The molecule has 4 rings (SSSR count). The summed E-state index contributed by atoms with van der Waals surface area (Å²) < 4.78 is 0. The van der Waals surface area contributed by atoms with Crippen molar-refractivity contribution < 1.29 is 4.79 Å². The lowest BCUT2D eigenvalue weighted by atomic mass is 10.0. The maximum absolute atomic E-state index is 12.4. The molecule has 2 heterocycles. The summed E-state index contributed by atoms with van der Waals surface area (Å²) in [5.74, 6) is 1.25. The molecule has 1 saturated heterocycles. The van der Waals surface area contributed by atoms with Crippen molar-refractivity contribution in [3.63, 3.8) is 0 Å². The number of hydrogen-bond donors (Lipinski definition) is 0. The summed E-state index contributed by atoms with van der Waals surface area (Å²) in [5, 5.41) is 0.846. The van der Waals surface area contributed by atoms with Crippen molar-refractivity contribution in [2.24, 2.45) is 5.92 Å². The Labute approximate surface area is 176 Å². The van der Waals surface area contributed by atoms with Crippen LogP contribution in [-0.2, 0) is 4.79 Å². The maximum Gasteiger partial charge on any atom is 0.233 e. The van der Waals surface area contributed by atoms with Gasteiger partial charge in [-0.3, -0.25) is 9.78 Å². The Balaban J connectivity index is 1.58. The molecule has 1 aromatic heterocycles. The quantitative estimate of drug-likeness (QED) is 0.581. The summed E-state index contributed by atoms with van der Waals surface area (Å²) in [4.78, 5) is 20.2. The van der Waals surface area contributed by atoms with Gasteiger partial charge in [0.1, 0.15) is 5.37 Å². The van der Waals surface area contributed by atoms with Crippen molar-refractivity contribution in [2.45, 2.75) is 55.1 Å². The first kappa shape index (κ1) is 19.8. The van der Waals surface area contributed by atoms with Gasteiger partial charge in [0.15, 0.2) is 0 Å². The number of benzene rings is 1. The molecule has 1 amide bonds. The highest BCUT2D eigenvalue weighted by Gasteiger charge is 2.34. The van der Waals surface area contributed by atoms with E-state index >= 15 is 0 Å². The standard InChI is InChI=1S/C23H28N2OS2/c1-16(2)14-25-22(26)15-27-23(25)21-13-24-12-11-20(21)17-7-9-19(10-8-17)28-18-5-3-4-6-18/h7-13,16,18,23H,3-6,14-15H2,1-2H3. The summed E-state index contributed by atoms with van der Waals surface area (Å²) >= 11 is 3.74. The van der Waals surface area contributed by atoms with Gasteiger partial charge in [0.2, 0.25) is 5.91 Å². The van der Waals surface area contributed by atoms with Crippen LogP contribution in [0.25, 0.3) is 11.1 Å². The zero-order valence-corrected chi connectivity index (χ0v) is 18.3. The van der Waals surface area contributed by atoms with E-state index in [-0.39, 0.29) is 11.3 Å². The van der Waals surface area contributed by atoms with E-state index in [0.717, 1.165) is 17.4 Å². The normalized spacial score (nSPS) is 20.5. The molecule has 1 atom stereocenters. The number of hydrogen-bond acceptors (Lipinski definition) is 4. The minimum atomic E-state index is 0.0612. The van der Waals surface area contributed by atoms with Crippen LogP contribution in [0.4, 0.5) is 0 Å². The Morgan fingerprint density at radius 3 is 2.64 bits per heavy atom. The molecular weight excluding hydrogens is 384 g/mol. The molecule has 28 heavy (non-hydrogen) atoms. The number of carbonyl (C=O) groups is 1. The summed E-state index contributed by atoms with van der Waals surface area (Å²) in [7, 11) is 0. The number of aromatic nitrogens is 1. The molecule has 1 aromatic carbocycles. The summed E-state index contributed by atoms with van der Waals surface area (Å²) in [6.07, 6.45) is 9.25. The van der Waals surface area contributed by atoms with Crippen LogP contribution in [-0.4, -0.2) is 33.3 Å². The molecule has 148 valence electrons. The van der Waals surface area contributed by atoms with Crippen LogP contribution >= 0.6 is 23.5 Å². The maximum atomic E-state index is 12.4. The topological polar surface area (TPSA) is 33.2 Å². The van der Waals surface area contributed by atoms with Gasteiger partial charge >= 0.3 is 0 Å². The minimum absolute atomic E-state index is 0.0612. The van der Waals surface area contributed by atoms with E-state index in [2.05, 4.69) is 49.2 Å². The van der Waals surface area contributed by atoms with Crippen molar-refractivity contribution in [1.29, 1.82) is 0 Å². The second-order valence-electron chi connectivity index (χ2n) is 8.11. The molecule has 1 saturated carbocycles. The summed E-state index contributed by atoms with van der Waals surface area (Å²) in [6.45, 7) is 5.12. The highest BCUT2D eigenvalue weighted by atomic mass is 32.2. The third-order valence-electron chi connectivity index (χ3n) is 5.42. The molecule has 2 aliphatic rings. The molecule has 0 radical (unpaired) electrons. The van der Waals surface area contributed by atoms with Crippen LogP contribution in [0.2, 0.25) is 0 Å². The number of thioether (sulfide) groups is 2. The second kappa shape index (κ2) is 8.91. The lowest BCUT2D eigenvalue weighted by Gasteiger charge is -2.27. The second-order valence-corrected chi connectivity index (χ2v) is 10.6. The van der Waals surface area contributed by atoms with E-state index in [0.29, 0.717) is 11.7 Å². The van der Waals surface area contributed by atoms with Crippen LogP contribution < -0.4 is 0 Å². The average Bonchev–Trinajstić information content (AvgIpc) is 3.33.